The highest BCUT2D eigenvalue weighted by atomic mass is 16.5. The molecule has 0 aromatic heterocycles. The van der Waals surface area contributed by atoms with Gasteiger partial charge in [0.25, 0.3) is 0 Å². The minimum Gasteiger partial charge on any atom is -0.316 e. The van der Waals surface area contributed by atoms with E-state index in [-0.39, 0.29) is 6.04 Å². The standard InChI is InChI=1S/C10H19NO/c1-5-10(11-12)7-6-9(4)8(2)3/h5-6,8,10-12H,1,7H2,2-4H3/b9-6+. The van der Waals surface area contributed by atoms with Crippen LogP contribution in [0.3, 0.4) is 0 Å². The fourth-order valence-corrected chi connectivity index (χ4v) is 0.750. The van der Waals surface area contributed by atoms with Crippen LogP contribution in [-0.2, 0) is 0 Å². The van der Waals surface area contributed by atoms with Gasteiger partial charge in [0.2, 0.25) is 0 Å². The Hall–Kier alpha value is -0.600. The van der Waals surface area contributed by atoms with Crippen molar-refractivity contribution in [2.45, 2.75) is 33.2 Å². The number of hydroxylamine groups is 1. The van der Waals surface area contributed by atoms with Gasteiger partial charge < -0.3 is 5.21 Å². The minimum absolute atomic E-state index is 0.0290. The lowest BCUT2D eigenvalue weighted by Crippen LogP contribution is -2.22. The third-order valence-corrected chi connectivity index (χ3v) is 2.05. The summed E-state index contributed by atoms with van der Waals surface area (Å²) in [5, 5.41) is 8.63. The Labute approximate surface area is 74.9 Å². The molecule has 0 saturated heterocycles. The van der Waals surface area contributed by atoms with Gasteiger partial charge in [0.05, 0.1) is 6.04 Å². The molecule has 0 fully saturated rings. The first kappa shape index (κ1) is 11.4. The maximum absolute atomic E-state index is 8.63. The molecule has 0 amide bonds. The second-order valence-corrected chi connectivity index (χ2v) is 3.31. The molecule has 0 aliphatic heterocycles. The van der Waals surface area contributed by atoms with Crippen molar-refractivity contribution in [2.24, 2.45) is 5.92 Å². The summed E-state index contributed by atoms with van der Waals surface area (Å²) in [4.78, 5) is 0. The van der Waals surface area contributed by atoms with Gasteiger partial charge in [0, 0.05) is 0 Å². The molecule has 0 spiro atoms. The van der Waals surface area contributed by atoms with E-state index in [1.165, 1.54) is 5.57 Å². The summed E-state index contributed by atoms with van der Waals surface area (Å²) in [5.74, 6) is 0.578. The number of allylic oxidation sites excluding steroid dienone is 1. The third kappa shape index (κ3) is 4.31. The Bertz CT molecular complexity index is 161. The summed E-state index contributed by atoms with van der Waals surface area (Å²) in [7, 11) is 0. The molecule has 0 rings (SSSR count). The summed E-state index contributed by atoms with van der Waals surface area (Å²) >= 11 is 0. The average molecular weight is 169 g/mol. The SMILES string of the molecule is C=CC(C/C=C(\C)C(C)C)NO. The minimum atomic E-state index is -0.0290. The summed E-state index contributed by atoms with van der Waals surface area (Å²) in [6, 6.07) is -0.0290. The summed E-state index contributed by atoms with van der Waals surface area (Å²) in [6.45, 7) is 10.0. The Kier molecular flexibility index (Phi) is 5.68. The van der Waals surface area contributed by atoms with Gasteiger partial charge in [0.15, 0.2) is 0 Å². The lowest BCUT2D eigenvalue weighted by Gasteiger charge is -2.09. The second kappa shape index (κ2) is 5.98. The summed E-state index contributed by atoms with van der Waals surface area (Å²) in [5.41, 5.74) is 3.53. The molecule has 2 heteroatoms. The van der Waals surface area contributed by atoms with E-state index >= 15 is 0 Å². The van der Waals surface area contributed by atoms with Gasteiger partial charge in [-0.15, -0.1) is 6.58 Å². The van der Waals surface area contributed by atoms with Crippen molar-refractivity contribution >= 4 is 0 Å². The molecule has 12 heavy (non-hydrogen) atoms. The first-order chi connectivity index (χ1) is 5.61. The van der Waals surface area contributed by atoms with Gasteiger partial charge >= 0.3 is 0 Å². The summed E-state index contributed by atoms with van der Waals surface area (Å²) < 4.78 is 0. The van der Waals surface area contributed by atoms with Gasteiger partial charge in [0.1, 0.15) is 0 Å². The van der Waals surface area contributed by atoms with E-state index in [1.54, 1.807) is 6.08 Å². The first-order valence-electron chi connectivity index (χ1n) is 4.30. The zero-order valence-electron chi connectivity index (χ0n) is 8.17. The van der Waals surface area contributed by atoms with E-state index in [0.717, 1.165) is 6.42 Å². The van der Waals surface area contributed by atoms with Crippen LogP contribution in [0.15, 0.2) is 24.3 Å². The Morgan fingerprint density at radius 2 is 2.17 bits per heavy atom. The average Bonchev–Trinajstić information content (AvgIpc) is 2.05. The highest BCUT2D eigenvalue weighted by Crippen LogP contribution is 2.09. The maximum atomic E-state index is 8.63. The van der Waals surface area contributed by atoms with E-state index in [0.29, 0.717) is 5.92 Å². The van der Waals surface area contributed by atoms with Crippen molar-refractivity contribution < 1.29 is 5.21 Å². The van der Waals surface area contributed by atoms with Crippen molar-refractivity contribution in [3.8, 4) is 0 Å². The van der Waals surface area contributed by atoms with Gasteiger partial charge in [-0.3, -0.25) is 0 Å². The Balaban J connectivity index is 3.92. The van der Waals surface area contributed by atoms with Crippen molar-refractivity contribution in [1.82, 2.24) is 5.48 Å². The van der Waals surface area contributed by atoms with Gasteiger partial charge in [-0.1, -0.05) is 31.6 Å². The van der Waals surface area contributed by atoms with Crippen LogP contribution in [0.25, 0.3) is 0 Å². The molecule has 0 radical (unpaired) electrons. The predicted octanol–water partition coefficient (Wildman–Crippen LogP) is 2.51. The van der Waals surface area contributed by atoms with Crippen molar-refractivity contribution in [2.75, 3.05) is 0 Å². The van der Waals surface area contributed by atoms with E-state index in [9.17, 15) is 0 Å². The second-order valence-electron chi connectivity index (χ2n) is 3.31. The van der Waals surface area contributed by atoms with E-state index in [1.807, 2.05) is 0 Å². The van der Waals surface area contributed by atoms with Crippen LogP contribution in [-0.4, -0.2) is 11.2 Å². The molecule has 0 saturated carbocycles. The fraction of sp³-hybridized carbons (Fsp3) is 0.600. The van der Waals surface area contributed by atoms with Gasteiger partial charge in [-0.2, -0.15) is 5.48 Å². The van der Waals surface area contributed by atoms with Crippen LogP contribution >= 0.6 is 0 Å². The van der Waals surface area contributed by atoms with Gasteiger partial charge in [-0.25, -0.2) is 0 Å². The molecule has 2 nitrogen and oxygen atoms in total. The molecule has 70 valence electrons. The normalized spacial score (nSPS) is 14.9. The van der Waals surface area contributed by atoms with Crippen LogP contribution < -0.4 is 5.48 Å². The number of rotatable bonds is 5. The summed E-state index contributed by atoms with van der Waals surface area (Å²) in [6.07, 6.45) is 4.62. The van der Waals surface area contributed by atoms with Crippen molar-refractivity contribution in [3.05, 3.63) is 24.3 Å². The fourth-order valence-electron chi connectivity index (χ4n) is 0.750. The Morgan fingerprint density at radius 3 is 2.50 bits per heavy atom. The lowest BCUT2D eigenvalue weighted by atomic mass is 10.0. The zero-order chi connectivity index (χ0) is 9.56. The molecule has 1 unspecified atom stereocenters. The largest absolute Gasteiger partial charge is 0.316 e. The molecular weight excluding hydrogens is 150 g/mol. The zero-order valence-corrected chi connectivity index (χ0v) is 8.17. The smallest absolute Gasteiger partial charge is 0.0531 e. The first-order valence-corrected chi connectivity index (χ1v) is 4.30. The van der Waals surface area contributed by atoms with Crippen molar-refractivity contribution in [3.63, 3.8) is 0 Å². The molecule has 2 N–H and O–H groups in total. The highest BCUT2D eigenvalue weighted by Gasteiger charge is 2.00. The van der Waals surface area contributed by atoms with Crippen LogP contribution in [0.5, 0.6) is 0 Å². The number of nitrogens with one attached hydrogen (secondary N) is 1. The van der Waals surface area contributed by atoms with E-state index < -0.39 is 0 Å². The molecule has 0 heterocycles. The monoisotopic (exact) mass is 169 g/mol. The molecular formula is C10H19NO. The van der Waals surface area contributed by atoms with Crippen LogP contribution in [0.4, 0.5) is 0 Å². The van der Waals surface area contributed by atoms with Crippen LogP contribution in [0, 0.1) is 5.92 Å². The molecule has 0 aromatic carbocycles. The van der Waals surface area contributed by atoms with Crippen LogP contribution in [0.2, 0.25) is 0 Å². The molecule has 1 atom stereocenters. The lowest BCUT2D eigenvalue weighted by molar-refractivity contribution is 0.144. The molecule has 0 aromatic rings. The van der Waals surface area contributed by atoms with Gasteiger partial charge in [-0.05, 0) is 19.3 Å². The van der Waals surface area contributed by atoms with E-state index in [4.69, 9.17) is 5.21 Å². The molecule has 0 aliphatic rings. The number of hydrogen-bond acceptors (Lipinski definition) is 2. The quantitative estimate of drug-likeness (QED) is 0.489. The topological polar surface area (TPSA) is 32.3 Å². The highest BCUT2D eigenvalue weighted by molar-refractivity contribution is 5.03. The van der Waals surface area contributed by atoms with Crippen molar-refractivity contribution in [1.29, 1.82) is 0 Å². The number of hydrogen-bond donors (Lipinski definition) is 2. The van der Waals surface area contributed by atoms with Crippen LogP contribution in [0.1, 0.15) is 27.2 Å². The third-order valence-electron chi connectivity index (χ3n) is 2.05. The predicted molar refractivity (Wildman–Crippen MR) is 52.1 cm³/mol. The maximum Gasteiger partial charge on any atom is 0.0531 e. The molecule has 0 aliphatic carbocycles. The molecule has 0 bridgehead atoms. The van der Waals surface area contributed by atoms with E-state index in [2.05, 4.69) is 38.9 Å². The Morgan fingerprint density at radius 1 is 1.58 bits per heavy atom.